The third-order valence-electron chi connectivity index (χ3n) is 9.73. The minimum atomic E-state index is -2.37. The van der Waals surface area contributed by atoms with E-state index in [1.807, 2.05) is 0 Å². The molecule has 0 radical (unpaired) electrons. The number of ether oxygens (including phenoxy) is 1. The smallest absolute Gasteiger partial charge is 0.414 e. The quantitative estimate of drug-likeness (QED) is 0.211. The van der Waals surface area contributed by atoms with Crippen molar-refractivity contribution in [2.24, 2.45) is 0 Å². The van der Waals surface area contributed by atoms with E-state index in [2.05, 4.69) is 117 Å². The van der Waals surface area contributed by atoms with E-state index in [0.717, 1.165) is 0 Å². The molecule has 4 atom stereocenters. The summed E-state index contributed by atoms with van der Waals surface area (Å²) in [6.07, 6.45) is -1.44. The first-order valence-electron chi connectivity index (χ1n) is 15.1. The Hall–Kier alpha value is -1.56. The van der Waals surface area contributed by atoms with Crippen molar-refractivity contribution in [1.29, 1.82) is 0 Å². The van der Waals surface area contributed by atoms with E-state index in [9.17, 15) is 9.59 Å². The minimum absolute atomic E-state index is 0.0122. The molecular formula is C29H58N4O7Si3. The lowest BCUT2D eigenvalue weighted by atomic mass is 10.1. The summed E-state index contributed by atoms with van der Waals surface area (Å²) in [5.74, 6) is 0.0941. The Morgan fingerprint density at radius 3 is 1.81 bits per heavy atom. The van der Waals surface area contributed by atoms with Crippen LogP contribution in [0.3, 0.4) is 0 Å². The predicted octanol–water partition coefficient (Wildman–Crippen LogP) is 6.63. The lowest BCUT2D eigenvalue weighted by molar-refractivity contribution is -0.0509. The van der Waals surface area contributed by atoms with Crippen LogP contribution >= 0.6 is 0 Å². The molecule has 2 N–H and O–H groups in total. The molecule has 2 heterocycles. The fraction of sp³-hybridized carbons (Fsp3) is 0.828. The highest BCUT2D eigenvalue weighted by Gasteiger charge is 2.55. The Kier molecular flexibility index (Phi) is 11.4. The first-order chi connectivity index (χ1) is 19.2. The molecule has 0 aliphatic carbocycles. The van der Waals surface area contributed by atoms with Crippen LogP contribution in [-0.2, 0) is 22.9 Å². The van der Waals surface area contributed by atoms with E-state index in [1.54, 1.807) is 12.3 Å². The van der Waals surface area contributed by atoms with Gasteiger partial charge in [-0.25, -0.2) is 9.59 Å². The number of carbonyl (C=O) groups excluding carboxylic acids is 1. The maximum atomic E-state index is 13.4. The van der Waals surface area contributed by atoms with Gasteiger partial charge in [-0.1, -0.05) is 62.3 Å². The highest BCUT2D eigenvalue weighted by atomic mass is 28.4. The number of nitrogens with one attached hydrogen (secondary N) is 2. The van der Waals surface area contributed by atoms with Crippen molar-refractivity contribution in [2.75, 3.05) is 19.1 Å². The SMILES string of the molecule is CNC(=O)ONc1ccn([C@@H]2O[C@H](CO[Si](C)(C)C(C)(C)C)C(O[Si](C)(C)C(C)(C)C)C2O[Si](C)(C)C(C)(C)C)c(=O)n1. The van der Waals surface area contributed by atoms with Gasteiger partial charge in [0.25, 0.3) is 0 Å². The van der Waals surface area contributed by atoms with E-state index >= 15 is 0 Å². The number of nitrogens with zero attached hydrogens (tertiary/aromatic N) is 2. The molecule has 0 aromatic carbocycles. The average molecular weight is 659 g/mol. The van der Waals surface area contributed by atoms with E-state index < -0.39 is 61.3 Å². The van der Waals surface area contributed by atoms with E-state index in [1.165, 1.54) is 11.6 Å². The van der Waals surface area contributed by atoms with Gasteiger partial charge in [-0.05, 0) is 54.4 Å². The fourth-order valence-corrected chi connectivity index (χ4v) is 7.31. The van der Waals surface area contributed by atoms with Crippen molar-refractivity contribution in [3.8, 4) is 0 Å². The number of hydrogen-bond donors (Lipinski definition) is 2. The van der Waals surface area contributed by atoms with Crippen LogP contribution in [0.15, 0.2) is 17.1 Å². The molecule has 2 unspecified atom stereocenters. The van der Waals surface area contributed by atoms with Gasteiger partial charge in [0.2, 0.25) is 0 Å². The van der Waals surface area contributed by atoms with Gasteiger partial charge in [0, 0.05) is 19.3 Å². The summed E-state index contributed by atoms with van der Waals surface area (Å²) >= 11 is 0. The Bertz CT molecular complexity index is 1170. The second kappa shape index (κ2) is 13.0. The Balaban J connectivity index is 2.64. The van der Waals surface area contributed by atoms with Crippen LogP contribution in [-0.4, -0.2) is 72.6 Å². The third-order valence-corrected chi connectivity index (χ3v) is 23.2. The summed E-state index contributed by atoms with van der Waals surface area (Å²) in [4.78, 5) is 33.9. The van der Waals surface area contributed by atoms with E-state index in [4.69, 9.17) is 22.9 Å². The zero-order valence-corrected chi connectivity index (χ0v) is 32.4. The highest BCUT2D eigenvalue weighted by molar-refractivity contribution is 6.75. The molecule has 1 saturated heterocycles. The second-order valence-electron chi connectivity index (χ2n) is 16.1. The molecule has 2 rings (SSSR count). The molecule has 1 aliphatic rings. The molecule has 11 nitrogen and oxygen atoms in total. The summed E-state index contributed by atoms with van der Waals surface area (Å²) in [5, 5.41) is 2.19. The molecule has 1 aromatic heterocycles. The highest BCUT2D eigenvalue weighted by Crippen LogP contribution is 2.46. The zero-order chi connectivity index (χ0) is 33.4. The first kappa shape index (κ1) is 37.6. The average Bonchev–Trinajstić information content (AvgIpc) is 3.14. The van der Waals surface area contributed by atoms with Crippen molar-refractivity contribution >= 4 is 36.9 Å². The van der Waals surface area contributed by atoms with Gasteiger partial charge in [-0.3, -0.25) is 4.57 Å². The van der Waals surface area contributed by atoms with Crippen molar-refractivity contribution in [1.82, 2.24) is 14.9 Å². The number of anilines is 1. The molecular weight excluding hydrogens is 601 g/mol. The maximum absolute atomic E-state index is 13.4. The minimum Gasteiger partial charge on any atom is -0.414 e. The maximum Gasteiger partial charge on any atom is 0.431 e. The van der Waals surface area contributed by atoms with Gasteiger partial charge >= 0.3 is 11.8 Å². The van der Waals surface area contributed by atoms with Crippen LogP contribution in [0.1, 0.15) is 68.5 Å². The Morgan fingerprint density at radius 1 is 0.884 bits per heavy atom. The number of carbonyl (C=O) groups is 1. The lowest BCUT2D eigenvalue weighted by Crippen LogP contribution is -2.54. The monoisotopic (exact) mass is 658 g/mol. The predicted molar refractivity (Wildman–Crippen MR) is 179 cm³/mol. The summed E-state index contributed by atoms with van der Waals surface area (Å²) in [5.41, 5.74) is 1.83. The summed E-state index contributed by atoms with van der Waals surface area (Å²) in [6.45, 7) is 33.4. The van der Waals surface area contributed by atoms with Crippen LogP contribution in [0.5, 0.6) is 0 Å². The molecule has 0 saturated carbocycles. The van der Waals surface area contributed by atoms with Gasteiger partial charge in [0.15, 0.2) is 37.0 Å². The molecule has 1 aliphatic heterocycles. The number of rotatable bonds is 10. The third kappa shape index (κ3) is 9.01. The summed E-state index contributed by atoms with van der Waals surface area (Å²) < 4.78 is 29.1. The Morgan fingerprint density at radius 2 is 1.37 bits per heavy atom. The first-order valence-corrected chi connectivity index (χ1v) is 23.9. The summed E-state index contributed by atoms with van der Waals surface area (Å²) in [6, 6.07) is 1.56. The van der Waals surface area contributed by atoms with E-state index in [-0.39, 0.29) is 20.9 Å². The van der Waals surface area contributed by atoms with Crippen LogP contribution in [0.4, 0.5) is 10.6 Å². The molecule has 0 bridgehead atoms. The van der Waals surface area contributed by atoms with Crippen molar-refractivity contribution in [2.45, 2.75) is 141 Å². The van der Waals surface area contributed by atoms with E-state index in [0.29, 0.717) is 6.61 Å². The lowest BCUT2D eigenvalue weighted by Gasteiger charge is -2.44. The van der Waals surface area contributed by atoms with Crippen LogP contribution in [0, 0.1) is 0 Å². The van der Waals surface area contributed by atoms with Crippen LogP contribution in [0.2, 0.25) is 54.4 Å². The molecule has 0 spiro atoms. The van der Waals surface area contributed by atoms with Crippen molar-refractivity contribution in [3.05, 3.63) is 22.7 Å². The molecule has 1 amide bonds. The largest absolute Gasteiger partial charge is 0.431 e. The van der Waals surface area contributed by atoms with Gasteiger partial charge in [-0.15, -0.1) is 0 Å². The zero-order valence-electron chi connectivity index (χ0n) is 29.4. The van der Waals surface area contributed by atoms with Crippen molar-refractivity contribution in [3.63, 3.8) is 0 Å². The molecule has 248 valence electrons. The number of aromatic nitrogens is 2. The molecule has 1 fully saturated rings. The van der Waals surface area contributed by atoms with Crippen molar-refractivity contribution < 1.29 is 27.6 Å². The van der Waals surface area contributed by atoms with Crippen LogP contribution in [0.25, 0.3) is 0 Å². The normalized spacial score (nSPS) is 22.4. The fourth-order valence-electron chi connectivity index (χ4n) is 3.69. The van der Waals surface area contributed by atoms with Gasteiger partial charge in [0.1, 0.15) is 18.3 Å². The molecule has 14 heteroatoms. The molecule has 1 aromatic rings. The van der Waals surface area contributed by atoms with Gasteiger partial charge < -0.3 is 28.2 Å². The Labute approximate surface area is 262 Å². The number of hydrogen-bond acceptors (Lipinski definition) is 9. The topological polar surface area (TPSA) is 122 Å². The summed E-state index contributed by atoms with van der Waals surface area (Å²) in [7, 11) is -5.39. The van der Waals surface area contributed by atoms with Gasteiger partial charge in [0.05, 0.1) is 6.61 Å². The standard InChI is InChI=1S/C29H58N4O7Si3/c1-27(2,3)41(11,12)36-19-20-22(39-42(13,14)28(4,5)6)23(40-43(15,16)29(7,8)9)24(37-20)33-18-17-21(31-25(33)34)32-38-26(35)30-10/h17-18,20,22-24H,19H2,1-16H3,(H,30,35)(H,31,32,34)/t20-,22?,23?,24-/m1/s1. The van der Waals surface area contributed by atoms with Gasteiger partial charge in [-0.2, -0.15) is 10.5 Å². The molecule has 43 heavy (non-hydrogen) atoms. The second-order valence-corrected chi connectivity index (χ2v) is 30.4. The van der Waals surface area contributed by atoms with Crippen LogP contribution < -0.4 is 16.5 Å². The number of amides is 1.